The van der Waals surface area contributed by atoms with Crippen LogP contribution in [0.4, 0.5) is 5.69 Å². The van der Waals surface area contributed by atoms with Gasteiger partial charge >= 0.3 is 0 Å². The highest BCUT2D eigenvalue weighted by atomic mass is 35.5. The summed E-state index contributed by atoms with van der Waals surface area (Å²) in [4.78, 5) is 25.7. The molecule has 0 aliphatic heterocycles. The Labute approximate surface area is 191 Å². The zero-order chi connectivity index (χ0) is 21.7. The molecule has 0 saturated heterocycles. The van der Waals surface area contributed by atoms with Crippen LogP contribution in [-0.2, 0) is 9.59 Å². The minimum atomic E-state index is -0.364. The summed E-state index contributed by atoms with van der Waals surface area (Å²) in [5.41, 5.74) is 1.21. The number of amides is 2. The molecule has 0 spiro atoms. The summed E-state index contributed by atoms with van der Waals surface area (Å²) in [6.07, 6.45) is 0. The number of halogens is 3. The number of carbonyl (C=O) groups is 2. The van der Waals surface area contributed by atoms with Gasteiger partial charge in [-0.05, 0) is 42.5 Å². The summed E-state index contributed by atoms with van der Waals surface area (Å²) in [6.45, 7) is -0.125. The fourth-order valence-electron chi connectivity index (χ4n) is 2.29. The lowest BCUT2D eigenvalue weighted by Crippen LogP contribution is -2.35. The fraction of sp³-hybridized carbons (Fsp3) is 0.158. The van der Waals surface area contributed by atoms with Crippen LogP contribution >= 0.6 is 46.6 Å². The highest BCUT2D eigenvalue weighted by Crippen LogP contribution is 2.26. The Morgan fingerprint density at radius 1 is 1.07 bits per heavy atom. The first-order valence-electron chi connectivity index (χ1n) is 8.53. The molecule has 0 atom stereocenters. The maximum atomic E-state index is 12.3. The Bertz CT molecular complexity index is 1060. The second-order valence-corrected chi connectivity index (χ2v) is 8.27. The zero-order valence-electron chi connectivity index (χ0n) is 15.6. The molecule has 0 saturated carbocycles. The van der Waals surface area contributed by atoms with Crippen LogP contribution in [0.15, 0.2) is 52.1 Å². The minimum absolute atomic E-state index is 0.0405. The lowest BCUT2D eigenvalue weighted by molar-refractivity contribution is -0.131. The number of benzene rings is 2. The van der Waals surface area contributed by atoms with Gasteiger partial charge in [0.25, 0.3) is 5.22 Å². The molecule has 1 heterocycles. The van der Waals surface area contributed by atoms with Crippen molar-refractivity contribution < 1.29 is 14.0 Å². The maximum Gasteiger partial charge on any atom is 0.277 e. The summed E-state index contributed by atoms with van der Waals surface area (Å²) in [5, 5.41) is 12.1. The molecule has 0 unspecified atom stereocenters. The summed E-state index contributed by atoms with van der Waals surface area (Å²) in [6, 6.07) is 11.7. The van der Waals surface area contributed by atoms with E-state index in [0.29, 0.717) is 26.6 Å². The molecule has 1 aromatic heterocycles. The van der Waals surface area contributed by atoms with Gasteiger partial charge in [0, 0.05) is 23.3 Å². The van der Waals surface area contributed by atoms with E-state index in [9.17, 15) is 9.59 Å². The van der Waals surface area contributed by atoms with E-state index < -0.39 is 0 Å². The minimum Gasteiger partial charge on any atom is -0.411 e. The number of carbonyl (C=O) groups excluding carboxylic acids is 2. The third-order valence-corrected chi connectivity index (χ3v) is 5.62. The number of hydrogen-bond donors (Lipinski definition) is 1. The molecule has 2 aromatic carbocycles. The van der Waals surface area contributed by atoms with Crippen LogP contribution < -0.4 is 5.32 Å². The normalized spacial score (nSPS) is 10.7. The van der Waals surface area contributed by atoms with Crippen molar-refractivity contribution in [2.45, 2.75) is 5.22 Å². The standard InChI is InChI=1S/C19H15Cl3N4O3S/c1-26(9-16(27)23-13-6-7-14(21)15(22)8-13)17(28)10-30-19-25-24-18(29-19)11-2-4-12(20)5-3-11/h2-8H,9-10H2,1H3,(H,23,27). The number of nitrogens with zero attached hydrogens (tertiary/aromatic N) is 3. The molecular weight excluding hydrogens is 471 g/mol. The lowest BCUT2D eigenvalue weighted by Gasteiger charge is -2.16. The second-order valence-electron chi connectivity index (χ2n) is 6.10. The number of rotatable bonds is 7. The van der Waals surface area contributed by atoms with E-state index in [1.54, 1.807) is 36.4 Å². The van der Waals surface area contributed by atoms with Crippen molar-refractivity contribution in [1.82, 2.24) is 15.1 Å². The molecule has 7 nitrogen and oxygen atoms in total. The topological polar surface area (TPSA) is 88.3 Å². The van der Waals surface area contributed by atoms with Gasteiger partial charge < -0.3 is 14.6 Å². The molecule has 3 rings (SSSR count). The van der Waals surface area contributed by atoms with E-state index in [4.69, 9.17) is 39.2 Å². The number of thioether (sulfide) groups is 1. The van der Waals surface area contributed by atoms with Crippen LogP contribution in [-0.4, -0.2) is 46.3 Å². The highest BCUT2D eigenvalue weighted by Gasteiger charge is 2.16. The molecule has 3 aromatic rings. The van der Waals surface area contributed by atoms with Crippen LogP contribution in [0.1, 0.15) is 0 Å². The quantitative estimate of drug-likeness (QED) is 0.480. The number of anilines is 1. The molecule has 156 valence electrons. The lowest BCUT2D eigenvalue weighted by atomic mass is 10.2. The molecule has 11 heteroatoms. The van der Waals surface area contributed by atoms with Gasteiger partial charge in [0.15, 0.2) is 0 Å². The molecule has 1 N–H and O–H groups in total. The van der Waals surface area contributed by atoms with Crippen LogP contribution in [0.25, 0.3) is 11.5 Å². The van der Waals surface area contributed by atoms with E-state index >= 15 is 0 Å². The Morgan fingerprint density at radius 2 is 1.80 bits per heavy atom. The predicted molar refractivity (Wildman–Crippen MR) is 118 cm³/mol. The van der Waals surface area contributed by atoms with Crippen LogP contribution in [0.2, 0.25) is 15.1 Å². The molecule has 0 aliphatic rings. The van der Waals surface area contributed by atoms with Crippen molar-refractivity contribution >= 4 is 64.1 Å². The van der Waals surface area contributed by atoms with Crippen LogP contribution in [0, 0.1) is 0 Å². The Kier molecular flexibility index (Phi) is 7.60. The second kappa shape index (κ2) is 10.2. The average molecular weight is 486 g/mol. The SMILES string of the molecule is CN(CC(=O)Nc1ccc(Cl)c(Cl)c1)C(=O)CSc1nnc(-c2ccc(Cl)cc2)o1. The van der Waals surface area contributed by atoms with Crippen molar-refractivity contribution in [3.05, 3.63) is 57.5 Å². The van der Waals surface area contributed by atoms with Crippen molar-refractivity contribution in [3.63, 3.8) is 0 Å². The van der Waals surface area contributed by atoms with Crippen molar-refractivity contribution in [3.8, 4) is 11.5 Å². The van der Waals surface area contributed by atoms with E-state index in [-0.39, 0.29) is 29.3 Å². The van der Waals surface area contributed by atoms with Gasteiger partial charge in [0.1, 0.15) is 0 Å². The van der Waals surface area contributed by atoms with Gasteiger partial charge in [-0.1, -0.05) is 46.6 Å². The zero-order valence-corrected chi connectivity index (χ0v) is 18.6. The number of likely N-dealkylation sites (N-methyl/N-ethyl adjacent to an activating group) is 1. The average Bonchev–Trinajstić information content (AvgIpc) is 3.18. The largest absolute Gasteiger partial charge is 0.411 e. The van der Waals surface area contributed by atoms with Gasteiger partial charge in [-0.15, -0.1) is 10.2 Å². The molecule has 2 amide bonds. The van der Waals surface area contributed by atoms with Crippen LogP contribution in [0.3, 0.4) is 0 Å². The monoisotopic (exact) mass is 484 g/mol. The van der Waals surface area contributed by atoms with Crippen molar-refractivity contribution in [2.24, 2.45) is 0 Å². The van der Waals surface area contributed by atoms with E-state index in [1.807, 2.05) is 0 Å². The maximum absolute atomic E-state index is 12.3. The summed E-state index contributed by atoms with van der Waals surface area (Å²) in [7, 11) is 1.53. The number of nitrogens with one attached hydrogen (secondary N) is 1. The van der Waals surface area contributed by atoms with Crippen molar-refractivity contribution in [1.29, 1.82) is 0 Å². The molecule has 0 fully saturated rings. The molecule has 30 heavy (non-hydrogen) atoms. The van der Waals surface area contributed by atoms with E-state index in [2.05, 4.69) is 15.5 Å². The predicted octanol–water partition coefficient (Wildman–Crippen LogP) is 4.89. The number of hydrogen-bond acceptors (Lipinski definition) is 6. The summed E-state index contributed by atoms with van der Waals surface area (Å²) >= 11 is 18.7. The molecule has 0 radical (unpaired) electrons. The highest BCUT2D eigenvalue weighted by molar-refractivity contribution is 7.99. The molecular formula is C19H15Cl3N4O3S. The molecule has 0 aliphatic carbocycles. The fourth-order valence-corrected chi connectivity index (χ4v) is 3.42. The van der Waals surface area contributed by atoms with E-state index in [0.717, 1.165) is 17.3 Å². The van der Waals surface area contributed by atoms with Gasteiger partial charge in [0.05, 0.1) is 22.3 Å². The van der Waals surface area contributed by atoms with Gasteiger partial charge in [-0.3, -0.25) is 9.59 Å². The smallest absolute Gasteiger partial charge is 0.277 e. The van der Waals surface area contributed by atoms with Gasteiger partial charge in [0.2, 0.25) is 17.7 Å². The van der Waals surface area contributed by atoms with Crippen LogP contribution in [0.5, 0.6) is 0 Å². The first-order valence-corrected chi connectivity index (χ1v) is 10.6. The van der Waals surface area contributed by atoms with E-state index in [1.165, 1.54) is 18.0 Å². The Morgan fingerprint density at radius 3 is 2.50 bits per heavy atom. The molecule has 0 bridgehead atoms. The first-order chi connectivity index (χ1) is 14.3. The first kappa shape index (κ1) is 22.4. The summed E-state index contributed by atoms with van der Waals surface area (Å²) < 4.78 is 5.54. The van der Waals surface area contributed by atoms with Crippen molar-refractivity contribution in [2.75, 3.05) is 24.7 Å². The third-order valence-electron chi connectivity index (χ3n) is 3.83. The Balaban J connectivity index is 1.49. The van der Waals surface area contributed by atoms with Gasteiger partial charge in [-0.25, -0.2) is 0 Å². The third kappa shape index (κ3) is 6.12. The summed E-state index contributed by atoms with van der Waals surface area (Å²) in [5.74, 6) is -0.262. The van der Waals surface area contributed by atoms with Gasteiger partial charge in [-0.2, -0.15) is 0 Å². The Hall–Kier alpha value is -2.26. The number of aromatic nitrogens is 2.